The smallest absolute Gasteiger partial charge is 0.409 e. The van der Waals surface area contributed by atoms with E-state index in [0.717, 1.165) is 18.7 Å². The van der Waals surface area contributed by atoms with E-state index in [0.29, 0.717) is 32.0 Å². The minimum Gasteiger partial charge on any atom is -0.508 e. The molecule has 31 heavy (non-hydrogen) atoms. The molecular weight excluding hydrogens is 388 g/mol. The third-order valence-electron chi connectivity index (χ3n) is 6.35. The molecule has 158 valence electrons. The first-order chi connectivity index (χ1) is 15.2. The minimum absolute atomic E-state index is 0.0821. The van der Waals surface area contributed by atoms with Crippen molar-refractivity contribution in [2.75, 3.05) is 32.8 Å². The molecule has 2 aliphatic rings. The van der Waals surface area contributed by atoms with Gasteiger partial charge in [0.1, 0.15) is 12.4 Å². The Hall–Kier alpha value is -3.31. The molecule has 5 rings (SSSR count). The highest BCUT2D eigenvalue weighted by atomic mass is 16.6. The van der Waals surface area contributed by atoms with Gasteiger partial charge in [-0.3, -0.25) is 4.90 Å². The molecule has 3 aromatic carbocycles. The summed E-state index contributed by atoms with van der Waals surface area (Å²) in [6.45, 7) is 3.82. The molecule has 0 atom stereocenters. The highest BCUT2D eigenvalue weighted by Crippen LogP contribution is 2.44. The second-order valence-corrected chi connectivity index (χ2v) is 8.20. The molecule has 1 saturated heterocycles. The highest BCUT2D eigenvalue weighted by Gasteiger charge is 2.30. The Balaban J connectivity index is 1.18. The Morgan fingerprint density at radius 2 is 1.42 bits per heavy atom. The molecule has 0 spiro atoms. The maximum atomic E-state index is 12.7. The van der Waals surface area contributed by atoms with E-state index >= 15 is 0 Å². The Morgan fingerprint density at radius 3 is 2.06 bits per heavy atom. The Labute approximate surface area is 182 Å². The maximum absolute atomic E-state index is 12.7. The van der Waals surface area contributed by atoms with Crippen LogP contribution in [0.3, 0.4) is 0 Å². The van der Waals surface area contributed by atoms with Crippen LogP contribution in [-0.4, -0.2) is 53.8 Å². The van der Waals surface area contributed by atoms with Gasteiger partial charge >= 0.3 is 6.09 Å². The van der Waals surface area contributed by atoms with E-state index in [4.69, 9.17) is 4.74 Å². The van der Waals surface area contributed by atoms with Gasteiger partial charge in [-0.05, 0) is 28.3 Å². The normalized spacial score (nSPS) is 16.1. The van der Waals surface area contributed by atoms with Crippen LogP contribution in [0.2, 0.25) is 0 Å². The zero-order chi connectivity index (χ0) is 21.2. The largest absolute Gasteiger partial charge is 0.508 e. The number of fused-ring (bicyclic) bond motifs is 3. The fourth-order valence-electron chi connectivity index (χ4n) is 4.66. The predicted molar refractivity (Wildman–Crippen MR) is 120 cm³/mol. The molecule has 0 aromatic heterocycles. The molecule has 0 radical (unpaired) electrons. The first-order valence-electron chi connectivity index (χ1n) is 10.8. The lowest BCUT2D eigenvalue weighted by Crippen LogP contribution is -2.48. The van der Waals surface area contributed by atoms with Gasteiger partial charge in [0.15, 0.2) is 0 Å². The first-order valence-corrected chi connectivity index (χ1v) is 10.8. The van der Waals surface area contributed by atoms with Crippen LogP contribution in [0, 0.1) is 0 Å². The quantitative estimate of drug-likeness (QED) is 0.685. The molecule has 1 N–H and O–H groups in total. The van der Waals surface area contributed by atoms with Gasteiger partial charge in [0, 0.05) is 44.2 Å². The molecule has 3 aromatic rings. The highest BCUT2D eigenvalue weighted by molar-refractivity contribution is 5.79. The second kappa shape index (κ2) is 8.44. The lowest BCUT2D eigenvalue weighted by atomic mass is 9.98. The standard InChI is InChI=1S/C26H26N2O3/c29-25-12-6-1-7-19(25)17-27-13-15-28(16-14-27)26(30)31-18-24-22-10-4-2-8-20(22)21-9-3-5-11-23(21)24/h1-12,24,29H,13-18H2. The molecule has 0 unspecified atom stereocenters. The average Bonchev–Trinajstić information content (AvgIpc) is 3.13. The number of carbonyl (C=O) groups is 1. The summed E-state index contributed by atoms with van der Waals surface area (Å²) < 4.78 is 5.78. The summed E-state index contributed by atoms with van der Waals surface area (Å²) in [6.07, 6.45) is -0.246. The van der Waals surface area contributed by atoms with E-state index in [1.165, 1.54) is 22.3 Å². The molecule has 1 aliphatic carbocycles. The molecule has 0 saturated carbocycles. The molecule has 0 bridgehead atoms. The van der Waals surface area contributed by atoms with Crippen molar-refractivity contribution in [1.29, 1.82) is 0 Å². The SMILES string of the molecule is O=C(OCC1c2ccccc2-c2ccccc21)N1CCN(Cc2ccccc2O)CC1. The number of amides is 1. The van der Waals surface area contributed by atoms with Crippen LogP contribution in [-0.2, 0) is 11.3 Å². The zero-order valence-corrected chi connectivity index (χ0v) is 17.4. The van der Waals surface area contributed by atoms with Crippen molar-refractivity contribution in [2.45, 2.75) is 12.5 Å². The zero-order valence-electron chi connectivity index (χ0n) is 17.4. The van der Waals surface area contributed by atoms with Crippen LogP contribution in [0.15, 0.2) is 72.8 Å². The van der Waals surface area contributed by atoms with Crippen molar-refractivity contribution < 1.29 is 14.6 Å². The number of hydrogen-bond acceptors (Lipinski definition) is 4. The fraction of sp³-hybridized carbons (Fsp3) is 0.269. The van der Waals surface area contributed by atoms with Crippen molar-refractivity contribution in [3.63, 3.8) is 0 Å². The number of ether oxygens (including phenoxy) is 1. The van der Waals surface area contributed by atoms with Crippen molar-refractivity contribution in [3.8, 4) is 16.9 Å². The summed E-state index contributed by atoms with van der Waals surface area (Å²) in [5.41, 5.74) is 5.83. The van der Waals surface area contributed by atoms with Crippen LogP contribution >= 0.6 is 0 Å². The van der Waals surface area contributed by atoms with Gasteiger partial charge in [0.2, 0.25) is 0 Å². The summed E-state index contributed by atoms with van der Waals surface area (Å²) in [5.74, 6) is 0.403. The summed E-state index contributed by atoms with van der Waals surface area (Å²) >= 11 is 0. The maximum Gasteiger partial charge on any atom is 0.409 e. The van der Waals surface area contributed by atoms with Gasteiger partial charge in [-0.15, -0.1) is 0 Å². The molecular formula is C26H26N2O3. The number of hydrogen-bond donors (Lipinski definition) is 1. The first kappa shape index (κ1) is 19.6. The monoisotopic (exact) mass is 414 g/mol. The number of piperazine rings is 1. The van der Waals surface area contributed by atoms with Crippen LogP contribution in [0.5, 0.6) is 5.75 Å². The van der Waals surface area contributed by atoms with E-state index in [2.05, 4.69) is 41.3 Å². The Morgan fingerprint density at radius 1 is 0.839 bits per heavy atom. The van der Waals surface area contributed by atoms with Crippen LogP contribution in [0.1, 0.15) is 22.6 Å². The third kappa shape index (κ3) is 3.89. The number of nitrogens with zero attached hydrogens (tertiary/aromatic N) is 2. The van der Waals surface area contributed by atoms with E-state index in [-0.39, 0.29) is 12.0 Å². The Kier molecular flexibility index (Phi) is 5.35. The van der Waals surface area contributed by atoms with Gasteiger partial charge in [-0.25, -0.2) is 4.79 Å². The van der Waals surface area contributed by atoms with Crippen LogP contribution < -0.4 is 0 Å². The number of phenolic OH excluding ortho intramolecular Hbond substituents is 1. The van der Waals surface area contributed by atoms with Gasteiger partial charge in [-0.2, -0.15) is 0 Å². The van der Waals surface area contributed by atoms with Gasteiger partial charge in [-0.1, -0.05) is 66.7 Å². The van der Waals surface area contributed by atoms with Crippen molar-refractivity contribution in [1.82, 2.24) is 9.80 Å². The van der Waals surface area contributed by atoms with E-state index in [1.54, 1.807) is 11.0 Å². The molecule has 1 heterocycles. The van der Waals surface area contributed by atoms with Crippen molar-refractivity contribution in [2.24, 2.45) is 0 Å². The fourth-order valence-corrected chi connectivity index (χ4v) is 4.66. The molecule has 5 nitrogen and oxygen atoms in total. The second-order valence-electron chi connectivity index (χ2n) is 8.20. The Bertz CT molecular complexity index is 1040. The van der Waals surface area contributed by atoms with Gasteiger partial charge < -0.3 is 14.7 Å². The minimum atomic E-state index is -0.246. The number of phenols is 1. The van der Waals surface area contributed by atoms with Gasteiger partial charge in [0.05, 0.1) is 0 Å². The lowest BCUT2D eigenvalue weighted by Gasteiger charge is -2.34. The number of carbonyl (C=O) groups excluding carboxylic acids is 1. The average molecular weight is 415 g/mol. The summed E-state index contributed by atoms with van der Waals surface area (Å²) in [5, 5.41) is 9.98. The summed E-state index contributed by atoms with van der Waals surface area (Å²) in [4.78, 5) is 16.8. The van der Waals surface area contributed by atoms with E-state index < -0.39 is 0 Å². The number of rotatable bonds is 4. The van der Waals surface area contributed by atoms with Gasteiger partial charge in [0.25, 0.3) is 0 Å². The van der Waals surface area contributed by atoms with Crippen LogP contribution in [0.25, 0.3) is 11.1 Å². The molecule has 5 heteroatoms. The van der Waals surface area contributed by atoms with Crippen molar-refractivity contribution in [3.05, 3.63) is 89.5 Å². The van der Waals surface area contributed by atoms with Crippen LogP contribution in [0.4, 0.5) is 4.79 Å². The molecule has 1 fully saturated rings. The summed E-state index contributed by atoms with van der Waals surface area (Å²) in [6, 6.07) is 24.1. The van der Waals surface area contributed by atoms with E-state index in [1.807, 2.05) is 30.3 Å². The van der Waals surface area contributed by atoms with E-state index in [9.17, 15) is 9.90 Å². The third-order valence-corrected chi connectivity index (χ3v) is 6.35. The lowest BCUT2D eigenvalue weighted by molar-refractivity contribution is 0.0726. The predicted octanol–water partition coefficient (Wildman–Crippen LogP) is 4.46. The topological polar surface area (TPSA) is 53.0 Å². The number of para-hydroxylation sites is 1. The number of aromatic hydroxyl groups is 1. The van der Waals surface area contributed by atoms with Crippen molar-refractivity contribution >= 4 is 6.09 Å². The summed E-state index contributed by atoms with van der Waals surface area (Å²) in [7, 11) is 0. The molecule has 1 amide bonds. The molecule has 1 aliphatic heterocycles. The number of benzene rings is 3.